The van der Waals surface area contributed by atoms with Gasteiger partial charge in [-0.05, 0) is 18.9 Å². The molecule has 0 aliphatic heterocycles. The molecule has 1 aromatic rings. The lowest BCUT2D eigenvalue weighted by atomic mass is 10.0. The van der Waals surface area contributed by atoms with Crippen molar-refractivity contribution in [3.05, 3.63) is 17.9 Å². The third-order valence-corrected chi connectivity index (χ3v) is 6.35. The highest BCUT2D eigenvalue weighted by atomic mass is 28.3. The minimum atomic E-state index is -1.44. The van der Waals surface area contributed by atoms with Crippen LogP contribution in [0.4, 0.5) is 0 Å². The van der Waals surface area contributed by atoms with Gasteiger partial charge in [0.2, 0.25) is 0 Å². The maximum absolute atomic E-state index is 10.4. The lowest BCUT2D eigenvalue weighted by molar-refractivity contribution is -0.137. The molecule has 5 heteroatoms. The molecule has 0 bridgehead atoms. The second-order valence-electron chi connectivity index (χ2n) is 8.12. The van der Waals surface area contributed by atoms with Crippen LogP contribution in [0.25, 0.3) is 0 Å². The van der Waals surface area contributed by atoms with Gasteiger partial charge in [-0.1, -0.05) is 71.0 Å². The number of rotatable bonds is 14. The zero-order chi connectivity index (χ0) is 18.7. The van der Waals surface area contributed by atoms with Crippen molar-refractivity contribution in [2.24, 2.45) is 0 Å². The molecule has 1 atom stereocenters. The second-order valence-corrected chi connectivity index (χ2v) is 13.1. The van der Waals surface area contributed by atoms with Gasteiger partial charge in [-0.15, -0.1) is 0 Å². The van der Waals surface area contributed by atoms with Crippen LogP contribution in [-0.2, 0) is 4.79 Å². The van der Waals surface area contributed by atoms with Gasteiger partial charge in [0.15, 0.2) is 0 Å². The molecule has 0 aliphatic rings. The van der Waals surface area contributed by atoms with Gasteiger partial charge in [0, 0.05) is 12.0 Å². The average Bonchev–Trinajstić information content (AvgIpc) is 3.02. The number of aliphatic carboxylic acids is 1. The maximum atomic E-state index is 10.4. The Kier molecular flexibility index (Phi) is 10.1. The van der Waals surface area contributed by atoms with Crippen LogP contribution in [0.3, 0.4) is 0 Å². The fraction of sp³-hybridized carbons (Fsp3) is 0.750. The maximum Gasteiger partial charge on any atom is 0.303 e. The number of furan rings is 1. The topological polar surface area (TPSA) is 70.7 Å². The first-order valence-corrected chi connectivity index (χ1v) is 13.3. The summed E-state index contributed by atoms with van der Waals surface area (Å²) in [5, 5.41) is 19.9. The van der Waals surface area contributed by atoms with Crippen LogP contribution in [0.1, 0.15) is 82.3 Å². The number of hydrogen-bond donors (Lipinski definition) is 2. The summed E-state index contributed by atoms with van der Waals surface area (Å²) in [7, 11) is -1.44. The Morgan fingerprint density at radius 2 is 1.52 bits per heavy atom. The van der Waals surface area contributed by atoms with Gasteiger partial charge in [0.05, 0.1) is 17.8 Å². The van der Waals surface area contributed by atoms with Crippen molar-refractivity contribution in [1.82, 2.24) is 0 Å². The Bertz CT molecular complexity index is 490. The van der Waals surface area contributed by atoms with E-state index in [1.54, 1.807) is 6.26 Å². The summed E-state index contributed by atoms with van der Waals surface area (Å²) >= 11 is 0. The predicted octanol–water partition coefficient (Wildman–Crippen LogP) is 5.23. The van der Waals surface area contributed by atoms with E-state index in [0.717, 1.165) is 49.5 Å². The third-order valence-electron chi connectivity index (χ3n) is 4.61. The number of hydrogen-bond acceptors (Lipinski definition) is 3. The molecule has 0 aromatic carbocycles. The van der Waals surface area contributed by atoms with Crippen LogP contribution in [0.15, 0.2) is 16.7 Å². The summed E-state index contributed by atoms with van der Waals surface area (Å²) in [5.74, 6) is -0.686. The largest absolute Gasteiger partial charge is 0.481 e. The molecule has 1 aromatic heterocycles. The van der Waals surface area contributed by atoms with E-state index in [1.807, 2.05) is 6.07 Å². The summed E-state index contributed by atoms with van der Waals surface area (Å²) in [5.41, 5.74) is 0.929. The SMILES string of the molecule is C[Si](C)(C)c1cc(C(O)CCCCCCCCCCCC(=O)O)co1. The molecule has 0 fully saturated rings. The van der Waals surface area contributed by atoms with E-state index >= 15 is 0 Å². The average molecular weight is 369 g/mol. The zero-order valence-corrected chi connectivity index (χ0v) is 17.2. The fourth-order valence-electron chi connectivity index (χ4n) is 2.94. The van der Waals surface area contributed by atoms with Crippen molar-refractivity contribution in [2.45, 2.75) is 96.4 Å². The fourth-order valence-corrected chi connectivity index (χ4v) is 3.95. The quantitative estimate of drug-likeness (QED) is 0.348. The molecule has 1 unspecified atom stereocenters. The molecular formula is C20H36O4Si. The van der Waals surface area contributed by atoms with E-state index in [1.165, 1.54) is 25.7 Å². The van der Waals surface area contributed by atoms with E-state index in [2.05, 4.69) is 19.6 Å². The van der Waals surface area contributed by atoms with Gasteiger partial charge >= 0.3 is 5.97 Å². The summed E-state index contributed by atoms with van der Waals surface area (Å²) in [6.07, 6.45) is 12.5. The molecule has 1 rings (SSSR count). The number of carbonyl (C=O) groups is 1. The van der Waals surface area contributed by atoms with Gasteiger partial charge in [0.1, 0.15) is 8.07 Å². The summed E-state index contributed by atoms with van der Waals surface area (Å²) < 4.78 is 5.63. The first kappa shape index (κ1) is 22.0. The molecule has 144 valence electrons. The molecular weight excluding hydrogens is 332 g/mol. The third kappa shape index (κ3) is 9.85. The molecule has 1 heterocycles. The van der Waals surface area contributed by atoms with Crippen molar-refractivity contribution in [3.8, 4) is 0 Å². The van der Waals surface area contributed by atoms with Crippen LogP contribution in [0, 0.1) is 0 Å². The van der Waals surface area contributed by atoms with E-state index in [-0.39, 0.29) is 0 Å². The van der Waals surface area contributed by atoms with Gasteiger partial charge in [0.25, 0.3) is 0 Å². The number of carboxylic acids is 1. The standard InChI is InChI=1S/C20H36O4Si/c1-25(2,3)20-15-17(16-24-20)18(21)13-11-9-7-5-4-6-8-10-12-14-19(22)23/h15-16,18,21H,4-14H2,1-3H3,(H,22,23). The monoisotopic (exact) mass is 368 g/mol. The molecule has 0 saturated heterocycles. The first-order valence-electron chi connectivity index (χ1n) is 9.79. The van der Waals surface area contributed by atoms with Crippen LogP contribution < -0.4 is 5.38 Å². The highest BCUT2D eigenvalue weighted by molar-refractivity contribution is 6.87. The Morgan fingerprint density at radius 3 is 2.00 bits per heavy atom. The van der Waals surface area contributed by atoms with Gasteiger partial charge < -0.3 is 14.6 Å². The van der Waals surface area contributed by atoms with Crippen molar-refractivity contribution < 1.29 is 19.4 Å². The smallest absolute Gasteiger partial charge is 0.303 e. The van der Waals surface area contributed by atoms with Crippen molar-refractivity contribution >= 4 is 19.4 Å². The highest BCUT2D eigenvalue weighted by Crippen LogP contribution is 2.21. The van der Waals surface area contributed by atoms with Gasteiger partial charge in [-0.2, -0.15) is 0 Å². The highest BCUT2D eigenvalue weighted by Gasteiger charge is 2.22. The van der Waals surface area contributed by atoms with E-state index in [4.69, 9.17) is 9.52 Å². The van der Waals surface area contributed by atoms with Crippen LogP contribution in [0.5, 0.6) is 0 Å². The minimum Gasteiger partial charge on any atom is -0.481 e. The van der Waals surface area contributed by atoms with E-state index < -0.39 is 20.1 Å². The van der Waals surface area contributed by atoms with Crippen LogP contribution >= 0.6 is 0 Å². The van der Waals surface area contributed by atoms with Gasteiger partial charge in [-0.3, -0.25) is 4.79 Å². The summed E-state index contributed by atoms with van der Waals surface area (Å²) in [6.45, 7) is 6.73. The Labute approximate surface area is 153 Å². The molecule has 0 aliphatic carbocycles. The first-order chi connectivity index (χ1) is 11.8. The van der Waals surface area contributed by atoms with Gasteiger partial charge in [-0.25, -0.2) is 0 Å². The van der Waals surface area contributed by atoms with Crippen LogP contribution in [0.2, 0.25) is 19.6 Å². The zero-order valence-electron chi connectivity index (χ0n) is 16.2. The van der Waals surface area contributed by atoms with E-state index in [0.29, 0.717) is 6.42 Å². The number of unbranched alkanes of at least 4 members (excludes halogenated alkanes) is 8. The minimum absolute atomic E-state index is 0.304. The van der Waals surface area contributed by atoms with Crippen molar-refractivity contribution in [1.29, 1.82) is 0 Å². The molecule has 4 nitrogen and oxygen atoms in total. The van der Waals surface area contributed by atoms with Crippen molar-refractivity contribution in [3.63, 3.8) is 0 Å². The molecule has 0 saturated carbocycles. The van der Waals surface area contributed by atoms with Crippen LogP contribution in [-0.4, -0.2) is 24.3 Å². The number of aliphatic hydroxyl groups excluding tert-OH is 1. The molecule has 25 heavy (non-hydrogen) atoms. The summed E-state index contributed by atoms with van der Waals surface area (Å²) in [6, 6.07) is 2.04. The molecule has 2 N–H and O–H groups in total. The lowest BCUT2D eigenvalue weighted by Gasteiger charge is -2.11. The van der Waals surface area contributed by atoms with Crippen molar-refractivity contribution in [2.75, 3.05) is 0 Å². The number of aliphatic hydroxyl groups is 1. The molecule has 0 amide bonds. The lowest BCUT2D eigenvalue weighted by Crippen LogP contribution is -2.36. The predicted molar refractivity (Wildman–Crippen MR) is 105 cm³/mol. The van der Waals surface area contributed by atoms with E-state index in [9.17, 15) is 9.90 Å². The number of carboxylic acid groups (broad SMARTS) is 1. The summed E-state index contributed by atoms with van der Waals surface area (Å²) in [4.78, 5) is 10.4. The Morgan fingerprint density at radius 1 is 1.00 bits per heavy atom. The molecule has 0 radical (unpaired) electrons. The molecule has 0 spiro atoms. The Hall–Kier alpha value is -1.07. The second kappa shape index (κ2) is 11.5. The Balaban J connectivity index is 2.01. The normalized spacial score (nSPS) is 13.1.